The molecule has 2 aromatic carbocycles. The molecule has 1 unspecified atom stereocenters. The van der Waals surface area contributed by atoms with Crippen LogP contribution in [0.3, 0.4) is 0 Å². The number of ether oxygens (including phenoxy) is 3. The van der Waals surface area contributed by atoms with E-state index < -0.39 is 17.9 Å². The van der Waals surface area contributed by atoms with Crippen LogP contribution >= 0.6 is 11.3 Å². The van der Waals surface area contributed by atoms with E-state index in [2.05, 4.69) is 20.8 Å². The van der Waals surface area contributed by atoms with E-state index in [1.54, 1.807) is 32.2 Å². The maximum absolute atomic E-state index is 12.6. The van der Waals surface area contributed by atoms with Gasteiger partial charge in [0.15, 0.2) is 0 Å². The minimum atomic E-state index is -0.812. The van der Waals surface area contributed by atoms with E-state index in [0.717, 1.165) is 11.3 Å². The van der Waals surface area contributed by atoms with Crippen LogP contribution in [-0.4, -0.2) is 49.4 Å². The third-order valence-corrected chi connectivity index (χ3v) is 5.27. The second kappa shape index (κ2) is 9.90. The number of anilines is 1. The first-order chi connectivity index (χ1) is 14.9. The Balaban J connectivity index is 1.63. The van der Waals surface area contributed by atoms with Gasteiger partial charge in [-0.3, -0.25) is 14.9 Å². The Morgan fingerprint density at radius 2 is 1.61 bits per heavy atom. The summed E-state index contributed by atoms with van der Waals surface area (Å²) < 4.78 is 15.5. The number of carbonyl (C=O) groups excluding carboxylic acids is 2. The lowest BCUT2D eigenvalue weighted by Gasteiger charge is -2.15. The van der Waals surface area contributed by atoms with Crippen molar-refractivity contribution in [3.63, 3.8) is 0 Å². The highest BCUT2D eigenvalue weighted by molar-refractivity contribution is 7.18. The second-order valence-corrected chi connectivity index (χ2v) is 7.37. The molecule has 1 aromatic heterocycles. The van der Waals surface area contributed by atoms with E-state index in [4.69, 9.17) is 14.2 Å². The molecule has 2 N–H and O–H groups in total. The summed E-state index contributed by atoms with van der Waals surface area (Å²) >= 11 is 1.23. The number of rotatable bonds is 8. The molecule has 0 radical (unpaired) electrons. The van der Waals surface area contributed by atoms with Crippen LogP contribution in [0.25, 0.3) is 10.6 Å². The molecule has 0 saturated carbocycles. The first-order valence-electron chi connectivity index (χ1n) is 9.26. The van der Waals surface area contributed by atoms with Crippen molar-refractivity contribution >= 4 is 28.3 Å². The number of aromatic nitrogens is 2. The van der Waals surface area contributed by atoms with Gasteiger partial charge in [-0.2, -0.15) is 0 Å². The van der Waals surface area contributed by atoms with Crippen molar-refractivity contribution < 1.29 is 23.8 Å². The van der Waals surface area contributed by atoms with Gasteiger partial charge >= 0.3 is 0 Å². The Kier molecular flexibility index (Phi) is 7.03. The number of amides is 2. The molecule has 0 saturated heterocycles. The molecule has 3 aromatic rings. The fraction of sp³-hybridized carbons (Fsp3) is 0.238. The van der Waals surface area contributed by atoms with Crippen LogP contribution in [0.15, 0.2) is 42.5 Å². The van der Waals surface area contributed by atoms with E-state index >= 15 is 0 Å². The first kappa shape index (κ1) is 22.0. The van der Waals surface area contributed by atoms with Crippen molar-refractivity contribution in [2.45, 2.75) is 13.0 Å². The van der Waals surface area contributed by atoms with Gasteiger partial charge in [0.2, 0.25) is 11.0 Å². The zero-order chi connectivity index (χ0) is 22.4. The number of nitrogens with one attached hydrogen (secondary N) is 2. The molecule has 0 aliphatic rings. The van der Waals surface area contributed by atoms with Crippen molar-refractivity contribution in [2.24, 2.45) is 0 Å². The molecule has 162 valence electrons. The number of benzene rings is 2. The number of carbonyl (C=O) groups is 2. The summed E-state index contributed by atoms with van der Waals surface area (Å²) in [5.41, 5.74) is 1.15. The Morgan fingerprint density at radius 3 is 2.26 bits per heavy atom. The molecule has 0 spiro atoms. The van der Waals surface area contributed by atoms with Crippen molar-refractivity contribution in [2.75, 3.05) is 26.6 Å². The largest absolute Gasteiger partial charge is 0.497 e. The van der Waals surface area contributed by atoms with E-state index in [1.165, 1.54) is 25.6 Å². The van der Waals surface area contributed by atoms with Crippen molar-refractivity contribution in [1.82, 2.24) is 15.5 Å². The predicted molar refractivity (Wildman–Crippen MR) is 117 cm³/mol. The van der Waals surface area contributed by atoms with Gasteiger partial charge in [-0.15, -0.1) is 10.2 Å². The molecule has 0 aliphatic heterocycles. The average Bonchev–Trinajstić information content (AvgIpc) is 3.26. The van der Waals surface area contributed by atoms with E-state index in [-0.39, 0.29) is 0 Å². The van der Waals surface area contributed by atoms with Crippen LogP contribution in [0.2, 0.25) is 0 Å². The Hall–Kier alpha value is -3.66. The molecule has 0 fully saturated rings. The van der Waals surface area contributed by atoms with Crippen molar-refractivity contribution in [3.8, 4) is 27.8 Å². The van der Waals surface area contributed by atoms with Crippen LogP contribution in [0.1, 0.15) is 17.3 Å². The van der Waals surface area contributed by atoms with Gasteiger partial charge in [-0.05, 0) is 43.3 Å². The minimum Gasteiger partial charge on any atom is -0.497 e. The maximum atomic E-state index is 12.6. The topological polar surface area (TPSA) is 112 Å². The lowest BCUT2D eigenvalue weighted by Crippen LogP contribution is -2.41. The van der Waals surface area contributed by atoms with Crippen LogP contribution in [0.4, 0.5) is 5.13 Å². The highest BCUT2D eigenvalue weighted by atomic mass is 32.1. The fourth-order valence-corrected chi connectivity index (χ4v) is 3.42. The summed E-state index contributed by atoms with van der Waals surface area (Å²) in [7, 11) is 4.57. The number of hydrogen-bond donors (Lipinski definition) is 2. The van der Waals surface area contributed by atoms with Crippen LogP contribution < -0.4 is 24.8 Å². The van der Waals surface area contributed by atoms with Gasteiger partial charge < -0.3 is 19.5 Å². The Bertz CT molecular complexity index is 1070. The fourth-order valence-electron chi connectivity index (χ4n) is 2.66. The quantitative estimate of drug-likeness (QED) is 0.552. The SMILES string of the molecule is COc1ccc(-c2nnc(NC(=O)C(C)NC(=O)c3ccc(OC)cc3OC)s2)cc1. The Labute approximate surface area is 183 Å². The first-order valence-corrected chi connectivity index (χ1v) is 10.1. The summed E-state index contributed by atoms with van der Waals surface area (Å²) in [5.74, 6) is 0.775. The monoisotopic (exact) mass is 442 g/mol. The molecule has 1 heterocycles. The molecular weight excluding hydrogens is 420 g/mol. The minimum absolute atomic E-state index is 0.292. The second-order valence-electron chi connectivity index (χ2n) is 6.39. The molecule has 10 heteroatoms. The average molecular weight is 442 g/mol. The summed E-state index contributed by atoms with van der Waals surface area (Å²) in [5, 5.41) is 14.4. The standard InChI is InChI=1S/C21H22N4O5S/c1-12(22-19(27)16-10-9-15(29-3)11-17(16)30-4)18(26)23-21-25-24-20(31-21)13-5-7-14(28-2)8-6-13/h5-12H,1-4H3,(H,22,27)(H,23,25,26). The molecule has 31 heavy (non-hydrogen) atoms. The van der Waals surface area contributed by atoms with Crippen molar-refractivity contribution in [1.29, 1.82) is 0 Å². The van der Waals surface area contributed by atoms with Gasteiger partial charge in [0.1, 0.15) is 28.3 Å². The molecule has 9 nitrogen and oxygen atoms in total. The lowest BCUT2D eigenvalue weighted by molar-refractivity contribution is -0.117. The van der Waals surface area contributed by atoms with Crippen LogP contribution in [-0.2, 0) is 4.79 Å². The van der Waals surface area contributed by atoms with Gasteiger partial charge in [-0.25, -0.2) is 0 Å². The number of methoxy groups -OCH3 is 3. The molecule has 1 atom stereocenters. The highest BCUT2D eigenvalue weighted by Crippen LogP contribution is 2.28. The van der Waals surface area contributed by atoms with E-state index in [1.807, 2.05) is 24.3 Å². The number of hydrogen-bond acceptors (Lipinski definition) is 8. The zero-order valence-electron chi connectivity index (χ0n) is 17.5. The van der Waals surface area contributed by atoms with Gasteiger partial charge in [0.05, 0.1) is 26.9 Å². The van der Waals surface area contributed by atoms with Gasteiger partial charge in [0.25, 0.3) is 5.91 Å². The lowest BCUT2D eigenvalue weighted by atomic mass is 10.1. The predicted octanol–water partition coefficient (Wildman–Crippen LogP) is 2.99. The molecular formula is C21H22N4O5S. The molecule has 0 bridgehead atoms. The van der Waals surface area contributed by atoms with Crippen LogP contribution in [0.5, 0.6) is 17.2 Å². The summed E-state index contributed by atoms with van der Waals surface area (Å²) in [6, 6.07) is 11.4. The zero-order valence-corrected chi connectivity index (χ0v) is 18.3. The maximum Gasteiger partial charge on any atom is 0.255 e. The van der Waals surface area contributed by atoms with Gasteiger partial charge in [0, 0.05) is 11.6 Å². The third-order valence-electron chi connectivity index (χ3n) is 4.39. The summed E-state index contributed by atoms with van der Waals surface area (Å²) in [4.78, 5) is 25.1. The molecule has 3 rings (SSSR count). The number of nitrogens with zero attached hydrogens (tertiary/aromatic N) is 2. The Morgan fingerprint density at radius 1 is 0.935 bits per heavy atom. The molecule has 2 amide bonds. The molecule has 0 aliphatic carbocycles. The van der Waals surface area contributed by atoms with E-state index in [0.29, 0.717) is 27.2 Å². The normalized spacial score (nSPS) is 11.4. The summed E-state index contributed by atoms with van der Waals surface area (Å²) in [6.07, 6.45) is 0. The van der Waals surface area contributed by atoms with E-state index in [9.17, 15) is 9.59 Å². The van der Waals surface area contributed by atoms with Gasteiger partial charge in [-0.1, -0.05) is 11.3 Å². The third kappa shape index (κ3) is 5.28. The van der Waals surface area contributed by atoms with Crippen molar-refractivity contribution in [3.05, 3.63) is 48.0 Å². The summed E-state index contributed by atoms with van der Waals surface area (Å²) in [6.45, 7) is 1.58. The van der Waals surface area contributed by atoms with Crippen LogP contribution in [0, 0.1) is 0 Å². The highest BCUT2D eigenvalue weighted by Gasteiger charge is 2.21. The smallest absolute Gasteiger partial charge is 0.255 e.